The summed E-state index contributed by atoms with van der Waals surface area (Å²) < 4.78 is 13.1. The molecule has 2 atom stereocenters. The minimum Gasteiger partial charge on any atom is -0.465 e. The maximum absolute atomic E-state index is 12.9. The molecule has 0 bridgehead atoms. The second kappa shape index (κ2) is 10.4. The highest BCUT2D eigenvalue weighted by Gasteiger charge is 2.32. The lowest BCUT2D eigenvalue weighted by Crippen LogP contribution is -2.33. The van der Waals surface area contributed by atoms with Gasteiger partial charge < -0.3 is 14.0 Å². The van der Waals surface area contributed by atoms with Crippen LogP contribution in [0.15, 0.2) is 36.8 Å². The molecule has 0 aliphatic rings. The fourth-order valence-electron chi connectivity index (χ4n) is 3.20. The molecule has 1 heterocycles. The monoisotopic (exact) mass is 414 g/mol. The van der Waals surface area contributed by atoms with E-state index in [1.165, 1.54) is 0 Å². The number of carbonyl (C=O) groups is 2. The molecule has 0 N–H and O–H groups in total. The lowest BCUT2D eigenvalue weighted by molar-refractivity contribution is -0.160. The Balaban J connectivity index is 2.11. The fourth-order valence-corrected chi connectivity index (χ4v) is 3.20. The highest BCUT2D eigenvalue weighted by atomic mass is 16.5. The molecule has 6 heteroatoms. The Morgan fingerprint density at radius 3 is 2.33 bits per heavy atom. The molecule has 1 aromatic heterocycles. The third kappa shape index (κ3) is 6.71. The predicted molar refractivity (Wildman–Crippen MR) is 116 cm³/mol. The van der Waals surface area contributed by atoms with E-state index >= 15 is 0 Å². The van der Waals surface area contributed by atoms with Crippen LogP contribution in [0.2, 0.25) is 0 Å². The van der Waals surface area contributed by atoms with Crippen LogP contribution in [-0.4, -0.2) is 28.1 Å². The van der Waals surface area contributed by atoms with Gasteiger partial charge in [-0.2, -0.15) is 0 Å². The highest BCUT2D eigenvalue weighted by Crippen LogP contribution is 2.25. The maximum atomic E-state index is 12.9. The average Bonchev–Trinajstić information content (AvgIpc) is 3.09. The zero-order valence-electron chi connectivity index (χ0n) is 19.0. The third-order valence-corrected chi connectivity index (χ3v) is 5.24. The molecule has 0 fully saturated rings. The van der Waals surface area contributed by atoms with Crippen molar-refractivity contribution in [1.82, 2.24) is 9.55 Å². The lowest BCUT2D eigenvalue weighted by Gasteiger charge is -2.26. The molecule has 6 nitrogen and oxygen atoms in total. The summed E-state index contributed by atoms with van der Waals surface area (Å²) in [7, 11) is 1.91. The van der Waals surface area contributed by atoms with Crippen LogP contribution in [0, 0.1) is 24.2 Å². The van der Waals surface area contributed by atoms with Gasteiger partial charge in [-0.15, -0.1) is 0 Å². The standard InChI is InChI=1S/C24H34N2O4/c1-7-21(22(27)29-14-18-10-8-17(2)9-11-18)19(12-20-13-25-16-26(20)6)15-30-23(28)24(3,4)5/h8-11,13,16,19,21H,7,12,14-15H2,1-6H3. The first-order chi connectivity index (χ1) is 14.1. The largest absolute Gasteiger partial charge is 0.465 e. The molecule has 1 aromatic carbocycles. The van der Waals surface area contributed by atoms with Crippen molar-refractivity contribution in [2.24, 2.45) is 24.3 Å². The molecule has 0 saturated carbocycles. The molecule has 2 aromatic rings. The fraction of sp³-hybridized carbons (Fsp3) is 0.542. The van der Waals surface area contributed by atoms with Crippen LogP contribution in [0.5, 0.6) is 0 Å². The highest BCUT2D eigenvalue weighted by molar-refractivity contribution is 5.75. The zero-order chi connectivity index (χ0) is 22.3. The Hall–Kier alpha value is -2.63. The number of rotatable bonds is 9. The van der Waals surface area contributed by atoms with Crippen molar-refractivity contribution in [3.05, 3.63) is 53.6 Å². The molecule has 0 saturated heterocycles. The summed E-state index contributed by atoms with van der Waals surface area (Å²) in [5.41, 5.74) is 2.50. The molecule has 0 spiro atoms. The smallest absolute Gasteiger partial charge is 0.311 e. The lowest BCUT2D eigenvalue weighted by atomic mass is 9.86. The van der Waals surface area contributed by atoms with Gasteiger partial charge in [0.2, 0.25) is 0 Å². The Kier molecular flexibility index (Phi) is 8.21. The van der Waals surface area contributed by atoms with Crippen molar-refractivity contribution in [2.75, 3.05) is 6.61 Å². The van der Waals surface area contributed by atoms with Crippen molar-refractivity contribution in [2.45, 2.75) is 54.1 Å². The van der Waals surface area contributed by atoms with Gasteiger partial charge in [-0.3, -0.25) is 9.59 Å². The Morgan fingerprint density at radius 2 is 1.80 bits per heavy atom. The minimum absolute atomic E-state index is 0.166. The van der Waals surface area contributed by atoms with Gasteiger partial charge in [0, 0.05) is 24.9 Å². The van der Waals surface area contributed by atoms with E-state index in [0.717, 1.165) is 16.8 Å². The van der Waals surface area contributed by atoms with E-state index in [4.69, 9.17) is 9.47 Å². The molecule has 2 rings (SSSR count). The van der Waals surface area contributed by atoms with Gasteiger partial charge in [-0.05, 0) is 46.1 Å². The summed E-state index contributed by atoms with van der Waals surface area (Å²) in [5.74, 6) is -1.11. The topological polar surface area (TPSA) is 70.4 Å². The van der Waals surface area contributed by atoms with E-state index in [1.54, 1.807) is 12.5 Å². The van der Waals surface area contributed by atoms with Gasteiger partial charge in [0.05, 0.1) is 24.3 Å². The number of nitrogens with zero attached hydrogens (tertiary/aromatic N) is 2. The summed E-state index contributed by atoms with van der Waals surface area (Å²) in [5, 5.41) is 0. The Labute approximate surface area is 179 Å². The van der Waals surface area contributed by atoms with Gasteiger partial charge in [-0.25, -0.2) is 4.98 Å². The molecule has 0 radical (unpaired) electrons. The molecule has 0 amide bonds. The normalized spacial score (nSPS) is 13.5. The van der Waals surface area contributed by atoms with E-state index in [0.29, 0.717) is 12.8 Å². The number of aromatic nitrogens is 2. The zero-order valence-corrected chi connectivity index (χ0v) is 19.0. The van der Waals surface area contributed by atoms with Crippen molar-refractivity contribution in [3.63, 3.8) is 0 Å². The average molecular weight is 415 g/mol. The van der Waals surface area contributed by atoms with Gasteiger partial charge in [0.25, 0.3) is 0 Å². The minimum atomic E-state index is -0.593. The molecule has 30 heavy (non-hydrogen) atoms. The number of benzene rings is 1. The molecule has 0 aliphatic carbocycles. The number of aryl methyl sites for hydroxylation is 2. The Morgan fingerprint density at radius 1 is 1.13 bits per heavy atom. The van der Waals surface area contributed by atoms with Crippen molar-refractivity contribution in [3.8, 4) is 0 Å². The van der Waals surface area contributed by atoms with Crippen molar-refractivity contribution >= 4 is 11.9 Å². The van der Waals surface area contributed by atoms with E-state index < -0.39 is 5.41 Å². The molecular formula is C24H34N2O4. The predicted octanol–water partition coefficient (Wildman–Crippen LogP) is 4.25. The summed E-state index contributed by atoms with van der Waals surface area (Å²) in [6, 6.07) is 7.92. The number of hydrogen-bond acceptors (Lipinski definition) is 5. The van der Waals surface area contributed by atoms with Crippen LogP contribution < -0.4 is 0 Å². The van der Waals surface area contributed by atoms with Crippen LogP contribution in [0.1, 0.15) is 50.9 Å². The van der Waals surface area contributed by atoms with Crippen molar-refractivity contribution < 1.29 is 19.1 Å². The van der Waals surface area contributed by atoms with E-state index in [1.807, 2.05) is 70.5 Å². The number of imidazole rings is 1. The summed E-state index contributed by atoms with van der Waals surface area (Å²) >= 11 is 0. The van der Waals surface area contributed by atoms with Gasteiger partial charge in [0.15, 0.2) is 0 Å². The third-order valence-electron chi connectivity index (χ3n) is 5.24. The number of hydrogen-bond donors (Lipinski definition) is 0. The number of esters is 2. The first kappa shape index (κ1) is 23.6. The second-order valence-electron chi connectivity index (χ2n) is 8.92. The van der Waals surface area contributed by atoms with Crippen LogP contribution in [0.3, 0.4) is 0 Å². The van der Waals surface area contributed by atoms with Gasteiger partial charge >= 0.3 is 11.9 Å². The number of carbonyl (C=O) groups excluding carboxylic acids is 2. The maximum Gasteiger partial charge on any atom is 0.311 e. The SMILES string of the molecule is CCC(C(=O)OCc1ccc(C)cc1)C(COC(=O)C(C)(C)C)Cc1cncn1C. The summed E-state index contributed by atoms with van der Waals surface area (Å²) in [6.07, 6.45) is 4.68. The summed E-state index contributed by atoms with van der Waals surface area (Å²) in [6.45, 7) is 9.83. The van der Waals surface area contributed by atoms with Crippen molar-refractivity contribution in [1.29, 1.82) is 0 Å². The molecule has 2 unspecified atom stereocenters. The quantitative estimate of drug-likeness (QED) is 0.574. The van der Waals surface area contributed by atoms with Crippen LogP contribution >= 0.6 is 0 Å². The first-order valence-corrected chi connectivity index (χ1v) is 10.5. The molecule has 0 aliphatic heterocycles. The van der Waals surface area contributed by atoms with Crippen LogP contribution in [0.25, 0.3) is 0 Å². The van der Waals surface area contributed by atoms with Gasteiger partial charge in [0.1, 0.15) is 6.61 Å². The first-order valence-electron chi connectivity index (χ1n) is 10.5. The van der Waals surface area contributed by atoms with E-state index in [2.05, 4.69) is 4.98 Å². The van der Waals surface area contributed by atoms with Crippen LogP contribution in [-0.2, 0) is 39.1 Å². The molecular weight excluding hydrogens is 380 g/mol. The van der Waals surface area contributed by atoms with E-state index in [9.17, 15) is 9.59 Å². The van der Waals surface area contributed by atoms with Gasteiger partial charge in [-0.1, -0.05) is 36.8 Å². The number of ether oxygens (including phenoxy) is 2. The molecule has 164 valence electrons. The van der Waals surface area contributed by atoms with Crippen LogP contribution in [0.4, 0.5) is 0 Å². The summed E-state index contributed by atoms with van der Waals surface area (Å²) in [4.78, 5) is 29.4. The van der Waals surface area contributed by atoms with E-state index in [-0.39, 0.29) is 37.0 Å². The Bertz CT molecular complexity index is 834. The second-order valence-corrected chi connectivity index (χ2v) is 8.92.